The van der Waals surface area contributed by atoms with Gasteiger partial charge in [0.25, 0.3) is 5.56 Å². The molecule has 108 valence electrons. The number of rotatable bonds is 5. The average molecular weight is 278 g/mol. The fourth-order valence-electron chi connectivity index (χ4n) is 2.21. The van der Waals surface area contributed by atoms with E-state index < -0.39 is 0 Å². The maximum atomic E-state index is 12.0. The van der Waals surface area contributed by atoms with Crippen LogP contribution in [0, 0.1) is 0 Å². The molecule has 0 aliphatic heterocycles. The number of hydrogen-bond acceptors (Lipinski definition) is 5. The number of aromatic nitrogens is 1. The Morgan fingerprint density at radius 1 is 1.10 bits per heavy atom. The van der Waals surface area contributed by atoms with Gasteiger partial charge >= 0.3 is 0 Å². The molecule has 0 spiro atoms. The van der Waals surface area contributed by atoms with E-state index in [9.17, 15) is 4.79 Å². The van der Waals surface area contributed by atoms with Gasteiger partial charge in [0.2, 0.25) is 5.75 Å². The van der Waals surface area contributed by atoms with Gasteiger partial charge < -0.3 is 24.9 Å². The molecule has 3 N–H and O–H groups in total. The molecule has 20 heavy (non-hydrogen) atoms. The first-order chi connectivity index (χ1) is 9.65. The zero-order chi connectivity index (χ0) is 14.7. The van der Waals surface area contributed by atoms with Crippen LogP contribution in [0.2, 0.25) is 0 Å². The minimum absolute atomic E-state index is 0.155. The van der Waals surface area contributed by atoms with Gasteiger partial charge in [-0.3, -0.25) is 4.79 Å². The van der Waals surface area contributed by atoms with E-state index in [-0.39, 0.29) is 5.56 Å². The van der Waals surface area contributed by atoms with Gasteiger partial charge in [0.15, 0.2) is 11.5 Å². The minimum atomic E-state index is -0.155. The summed E-state index contributed by atoms with van der Waals surface area (Å²) in [7, 11) is 4.62. The quantitative estimate of drug-likeness (QED) is 0.854. The van der Waals surface area contributed by atoms with Gasteiger partial charge in [-0.1, -0.05) is 0 Å². The summed E-state index contributed by atoms with van der Waals surface area (Å²) < 4.78 is 16.0. The summed E-state index contributed by atoms with van der Waals surface area (Å²) in [6, 6.07) is 3.49. The Morgan fingerprint density at radius 2 is 1.80 bits per heavy atom. The van der Waals surface area contributed by atoms with Gasteiger partial charge in [-0.25, -0.2) is 0 Å². The number of nitrogens with two attached hydrogens (primary N) is 1. The van der Waals surface area contributed by atoms with E-state index in [1.54, 1.807) is 26.4 Å². The van der Waals surface area contributed by atoms with Crippen LogP contribution in [0.1, 0.15) is 5.56 Å². The van der Waals surface area contributed by atoms with E-state index >= 15 is 0 Å². The van der Waals surface area contributed by atoms with E-state index in [1.165, 1.54) is 7.11 Å². The van der Waals surface area contributed by atoms with Gasteiger partial charge in [-0.15, -0.1) is 0 Å². The number of hydrogen-bond donors (Lipinski definition) is 2. The Labute approximate surface area is 116 Å². The number of methoxy groups -OCH3 is 3. The second-order valence-electron chi connectivity index (χ2n) is 4.27. The van der Waals surface area contributed by atoms with Gasteiger partial charge in [0.05, 0.1) is 26.8 Å². The van der Waals surface area contributed by atoms with Crippen LogP contribution in [0.5, 0.6) is 17.2 Å². The molecule has 2 rings (SSSR count). The Morgan fingerprint density at radius 3 is 2.35 bits per heavy atom. The maximum absolute atomic E-state index is 12.0. The molecular weight excluding hydrogens is 260 g/mol. The molecule has 0 unspecified atom stereocenters. The van der Waals surface area contributed by atoms with Gasteiger partial charge in [-0.2, -0.15) is 0 Å². The molecule has 6 nitrogen and oxygen atoms in total. The van der Waals surface area contributed by atoms with Crippen LogP contribution in [0.25, 0.3) is 10.9 Å². The van der Waals surface area contributed by atoms with Gasteiger partial charge in [0, 0.05) is 17.0 Å². The van der Waals surface area contributed by atoms with Crippen molar-refractivity contribution in [3.63, 3.8) is 0 Å². The van der Waals surface area contributed by atoms with Crippen molar-refractivity contribution in [2.45, 2.75) is 6.42 Å². The first kappa shape index (κ1) is 14.2. The second kappa shape index (κ2) is 5.83. The lowest BCUT2D eigenvalue weighted by atomic mass is 10.1. The largest absolute Gasteiger partial charge is 0.493 e. The average Bonchev–Trinajstić information content (AvgIpc) is 2.46. The highest BCUT2D eigenvalue weighted by atomic mass is 16.5. The van der Waals surface area contributed by atoms with E-state index in [0.717, 1.165) is 5.39 Å². The molecule has 1 aromatic heterocycles. The van der Waals surface area contributed by atoms with Crippen molar-refractivity contribution < 1.29 is 14.2 Å². The molecule has 0 radical (unpaired) electrons. The highest BCUT2D eigenvalue weighted by Crippen LogP contribution is 2.42. The highest BCUT2D eigenvalue weighted by Gasteiger charge is 2.17. The van der Waals surface area contributed by atoms with E-state index in [4.69, 9.17) is 19.9 Å². The Hall–Kier alpha value is -2.21. The lowest BCUT2D eigenvalue weighted by Gasteiger charge is -2.15. The molecule has 2 aromatic rings. The summed E-state index contributed by atoms with van der Waals surface area (Å²) in [6.07, 6.45) is 0.503. The van der Waals surface area contributed by atoms with E-state index in [0.29, 0.717) is 41.3 Å². The highest BCUT2D eigenvalue weighted by molar-refractivity contribution is 5.90. The van der Waals surface area contributed by atoms with Crippen molar-refractivity contribution in [3.8, 4) is 17.2 Å². The van der Waals surface area contributed by atoms with E-state index in [1.807, 2.05) is 0 Å². The molecule has 0 aliphatic carbocycles. The molecular formula is C14H18N2O4. The van der Waals surface area contributed by atoms with Crippen LogP contribution >= 0.6 is 0 Å². The number of aromatic amines is 1. The number of nitrogens with one attached hydrogen (secondary N) is 1. The maximum Gasteiger partial charge on any atom is 0.251 e. The van der Waals surface area contributed by atoms with Crippen LogP contribution in [0.3, 0.4) is 0 Å². The fourth-order valence-corrected chi connectivity index (χ4v) is 2.21. The first-order valence-electron chi connectivity index (χ1n) is 6.21. The number of pyridine rings is 1. The number of H-pyrrole nitrogens is 1. The summed E-state index contributed by atoms with van der Waals surface area (Å²) >= 11 is 0. The normalized spacial score (nSPS) is 10.6. The molecule has 1 heterocycles. The predicted molar refractivity (Wildman–Crippen MR) is 77.0 cm³/mol. The predicted octanol–water partition coefficient (Wildman–Crippen LogP) is 1.06. The Kier molecular flexibility index (Phi) is 4.14. The number of ether oxygens (including phenoxy) is 3. The molecule has 0 fully saturated rings. The Bertz CT molecular complexity index is 679. The summed E-state index contributed by atoms with van der Waals surface area (Å²) in [5.41, 5.74) is 6.61. The van der Waals surface area contributed by atoms with Crippen LogP contribution in [0.4, 0.5) is 0 Å². The molecule has 0 saturated carbocycles. The molecule has 0 amide bonds. The van der Waals surface area contributed by atoms with Crippen LogP contribution in [0.15, 0.2) is 16.9 Å². The minimum Gasteiger partial charge on any atom is -0.493 e. The summed E-state index contributed by atoms with van der Waals surface area (Å²) in [6.45, 7) is 0.407. The second-order valence-corrected chi connectivity index (χ2v) is 4.27. The monoisotopic (exact) mass is 278 g/mol. The lowest BCUT2D eigenvalue weighted by Crippen LogP contribution is -2.16. The number of benzene rings is 1. The fraction of sp³-hybridized carbons (Fsp3) is 0.357. The first-order valence-corrected chi connectivity index (χ1v) is 6.21. The van der Waals surface area contributed by atoms with Crippen LogP contribution in [-0.2, 0) is 6.42 Å². The standard InChI is InChI=1S/C14H18N2O4/c1-18-11-7-10-9(12(19-2)13(11)20-3)6-8(4-5-15)14(17)16-10/h6-7H,4-5,15H2,1-3H3,(H,16,17). The van der Waals surface area contributed by atoms with Crippen molar-refractivity contribution in [1.82, 2.24) is 4.98 Å². The zero-order valence-electron chi connectivity index (χ0n) is 11.8. The van der Waals surface area contributed by atoms with Crippen molar-refractivity contribution >= 4 is 10.9 Å². The molecule has 0 bridgehead atoms. The van der Waals surface area contributed by atoms with Crippen LogP contribution in [-0.4, -0.2) is 32.9 Å². The molecule has 0 atom stereocenters. The summed E-state index contributed by atoms with van der Waals surface area (Å²) in [5.74, 6) is 1.52. The lowest BCUT2D eigenvalue weighted by molar-refractivity contribution is 0.327. The van der Waals surface area contributed by atoms with E-state index in [2.05, 4.69) is 4.98 Å². The summed E-state index contributed by atoms with van der Waals surface area (Å²) in [4.78, 5) is 14.8. The topological polar surface area (TPSA) is 86.6 Å². The molecule has 0 saturated heterocycles. The molecule has 0 aliphatic rings. The van der Waals surface area contributed by atoms with Crippen molar-refractivity contribution in [2.75, 3.05) is 27.9 Å². The molecule has 1 aromatic carbocycles. The zero-order valence-corrected chi connectivity index (χ0v) is 11.8. The third kappa shape index (κ3) is 2.30. The smallest absolute Gasteiger partial charge is 0.251 e. The summed E-state index contributed by atoms with van der Waals surface area (Å²) in [5, 5.41) is 0.758. The van der Waals surface area contributed by atoms with Crippen molar-refractivity contribution in [1.29, 1.82) is 0 Å². The van der Waals surface area contributed by atoms with Crippen molar-refractivity contribution in [2.24, 2.45) is 5.73 Å². The number of fused-ring (bicyclic) bond motifs is 1. The third-order valence-corrected chi connectivity index (χ3v) is 3.14. The van der Waals surface area contributed by atoms with Gasteiger partial charge in [-0.05, 0) is 19.0 Å². The Balaban J connectivity index is 2.82. The third-order valence-electron chi connectivity index (χ3n) is 3.14. The molecule has 6 heteroatoms. The van der Waals surface area contributed by atoms with Crippen molar-refractivity contribution in [3.05, 3.63) is 28.0 Å². The SMILES string of the molecule is COc1cc2[nH]c(=O)c(CCN)cc2c(OC)c1OC. The van der Waals surface area contributed by atoms with Crippen LogP contribution < -0.4 is 25.5 Å². The van der Waals surface area contributed by atoms with Gasteiger partial charge in [0.1, 0.15) is 0 Å².